The molecule has 2 heteroatoms. The summed E-state index contributed by atoms with van der Waals surface area (Å²) < 4.78 is 0. The second kappa shape index (κ2) is 2.48. The van der Waals surface area contributed by atoms with Gasteiger partial charge < -0.3 is 0 Å². The fraction of sp³-hybridized carbons (Fsp3) is 0.750. The topological polar surface area (TPSA) is 12.0 Å². The second-order valence-electron chi connectivity index (χ2n) is 1.16. The van der Waals surface area contributed by atoms with Crippen LogP contribution in [0.4, 0.5) is 0 Å². The fourth-order valence-corrected chi connectivity index (χ4v) is 0.981. The van der Waals surface area contributed by atoms with Crippen LogP contribution in [0.25, 0.3) is 0 Å². The van der Waals surface area contributed by atoms with Crippen LogP contribution in [-0.2, 0) is 0 Å². The fourth-order valence-electron chi connectivity index (χ4n) is 0.386. The van der Waals surface area contributed by atoms with E-state index in [4.69, 9.17) is 0 Å². The number of hydrogen-bond acceptors (Lipinski definition) is 2. The Bertz CT molecular complexity index is 23.0. The van der Waals surface area contributed by atoms with E-state index in [1.165, 1.54) is 5.75 Å². The summed E-state index contributed by atoms with van der Waals surface area (Å²) in [5.74, 6) is 2.30. The molecule has 0 atom stereocenters. The van der Waals surface area contributed by atoms with Crippen LogP contribution in [-0.4, -0.2) is 11.6 Å². The molecule has 1 aliphatic heterocycles. The predicted octanol–water partition coefficient (Wildman–Crippen LogP) is 0.709. The number of thioether (sulfide) groups is 1. The SMILES string of the molecule is [C]1CCSCN1. The summed E-state index contributed by atoms with van der Waals surface area (Å²) in [5.41, 5.74) is 0. The quantitative estimate of drug-likeness (QED) is 0.482. The number of nitrogens with one attached hydrogen (secondary N) is 1. The molecule has 0 spiro atoms. The Morgan fingerprint density at radius 2 is 2.67 bits per heavy atom. The van der Waals surface area contributed by atoms with Crippen LogP contribution in [0, 0.1) is 6.54 Å². The Hall–Kier alpha value is 0.310. The maximum Gasteiger partial charge on any atom is 0.0601 e. The van der Waals surface area contributed by atoms with Gasteiger partial charge in [0.2, 0.25) is 0 Å². The Morgan fingerprint density at radius 3 is 2.83 bits per heavy atom. The molecule has 2 radical (unpaired) electrons. The number of hydrogen-bond donors (Lipinski definition) is 1. The van der Waals surface area contributed by atoms with Crippen molar-refractivity contribution in [2.75, 3.05) is 11.6 Å². The lowest BCUT2D eigenvalue weighted by molar-refractivity contribution is 0.852. The summed E-state index contributed by atoms with van der Waals surface area (Å²) >= 11 is 1.92. The van der Waals surface area contributed by atoms with Crippen molar-refractivity contribution in [1.29, 1.82) is 0 Å². The zero-order valence-electron chi connectivity index (χ0n) is 3.53. The monoisotopic (exact) mass is 101 g/mol. The molecular formula is C4H7NS. The highest BCUT2D eigenvalue weighted by atomic mass is 32.2. The Labute approximate surface area is 42.5 Å². The van der Waals surface area contributed by atoms with Crippen LogP contribution in [0.15, 0.2) is 0 Å². The van der Waals surface area contributed by atoms with E-state index in [9.17, 15) is 0 Å². The molecule has 1 heterocycles. The van der Waals surface area contributed by atoms with Gasteiger partial charge in [0, 0.05) is 5.88 Å². The summed E-state index contributed by atoms with van der Waals surface area (Å²) in [6, 6.07) is 0. The lowest BCUT2D eigenvalue weighted by atomic mass is 10.5. The molecule has 1 N–H and O–H groups in total. The van der Waals surface area contributed by atoms with Gasteiger partial charge in [0.05, 0.1) is 6.54 Å². The van der Waals surface area contributed by atoms with Gasteiger partial charge in [-0.3, -0.25) is 5.32 Å². The lowest BCUT2D eigenvalue weighted by Crippen LogP contribution is -2.14. The molecule has 1 rings (SSSR count). The van der Waals surface area contributed by atoms with Gasteiger partial charge in [-0.05, 0) is 12.2 Å². The Balaban J connectivity index is 2.00. The smallest absolute Gasteiger partial charge is 0.0601 e. The van der Waals surface area contributed by atoms with Crippen molar-refractivity contribution in [3.05, 3.63) is 6.54 Å². The Kier molecular flexibility index (Phi) is 1.85. The van der Waals surface area contributed by atoms with Crippen LogP contribution in [0.5, 0.6) is 0 Å². The summed E-state index contributed by atoms with van der Waals surface area (Å²) in [6.45, 7) is 3.01. The average molecular weight is 101 g/mol. The molecule has 34 valence electrons. The third-order valence-corrected chi connectivity index (χ3v) is 1.51. The van der Waals surface area contributed by atoms with Crippen molar-refractivity contribution >= 4 is 11.8 Å². The van der Waals surface area contributed by atoms with E-state index in [1.807, 2.05) is 11.8 Å². The maximum absolute atomic E-state index is 3.01. The van der Waals surface area contributed by atoms with E-state index in [0.717, 1.165) is 12.3 Å². The zero-order chi connectivity index (χ0) is 4.24. The highest BCUT2D eigenvalue weighted by molar-refractivity contribution is 7.99. The second-order valence-corrected chi connectivity index (χ2v) is 2.26. The highest BCUT2D eigenvalue weighted by Crippen LogP contribution is 2.05. The first-order valence-electron chi connectivity index (χ1n) is 2.03. The van der Waals surface area contributed by atoms with Crippen LogP contribution in [0.1, 0.15) is 6.42 Å². The molecule has 0 aliphatic carbocycles. The normalized spacial score (nSPS) is 24.0. The van der Waals surface area contributed by atoms with Gasteiger partial charge >= 0.3 is 0 Å². The molecule has 0 aromatic heterocycles. The first kappa shape index (κ1) is 4.47. The van der Waals surface area contributed by atoms with Crippen molar-refractivity contribution in [3.63, 3.8) is 0 Å². The lowest BCUT2D eigenvalue weighted by Gasteiger charge is -2.07. The molecule has 1 fully saturated rings. The van der Waals surface area contributed by atoms with Gasteiger partial charge in [0.15, 0.2) is 0 Å². The van der Waals surface area contributed by atoms with Crippen LogP contribution < -0.4 is 5.32 Å². The van der Waals surface area contributed by atoms with Crippen molar-refractivity contribution < 1.29 is 0 Å². The summed E-state index contributed by atoms with van der Waals surface area (Å²) in [5, 5.41) is 3.00. The molecule has 0 aromatic carbocycles. The minimum absolute atomic E-state index is 1.06. The zero-order valence-corrected chi connectivity index (χ0v) is 4.35. The standard InChI is InChI=1S/C4H7NS/c1-2-5-4-6-3-1/h5H,1,3-4H2. The van der Waals surface area contributed by atoms with Gasteiger partial charge in [-0.15, -0.1) is 11.8 Å². The van der Waals surface area contributed by atoms with Gasteiger partial charge in [0.25, 0.3) is 0 Å². The van der Waals surface area contributed by atoms with Gasteiger partial charge in [0.1, 0.15) is 0 Å². The van der Waals surface area contributed by atoms with E-state index < -0.39 is 0 Å². The average Bonchev–Trinajstić information content (AvgIpc) is 1.72. The van der Waals surface area contributed by atoms with Crippen molar-refractivity contribution in [2.45, 2.75) is 6.42 Å². The van der Waals surface area contributed by atoms with E-state index >= 15 is 0 Å². The summed E-state index contributed by atoms with van der Waals surface area (Å²) in [4.78, 5) is 0. The van der Waals surface area contributed by atoms with Crippen molar-refractivity contribution in [1.82, 2.24) is 5.32 Å². The molecule has 1 aliphatic rings. The molecular weight excluding hydrogens is 94.1 g/mol. The molecule has 1 nitrogen and oxygen atoms in total. The van der Waals surface area contributed by atoms with Crippen LogP contribution in [0.3, 0.4) is 0 Å². The van der Waals surface area contributed by atoms with Crippen molar-refractivity contribution in [2.24, 2.45) is 0 Å². The van der Waals surface area contributed by atoms with Gasteiger partial charge in [-0.25, -0.2) is 0 Å². The number of rotatable bonds is 0. The predicted molar refractivity (Wildman–Crippen MR) is 28.3 cm³/mol. The third kappa shape index (κ3) is 1.19. The summed E-state index contributed by atoms with van der Waals surface area (Å²) in [6.07, 6.45) is 1.10. The maximum atomic E-state index is 3.01. The van der Waals surface area contributed by atoms with Gasteiger partial charge in [-0.2, -0.15) is 0 Å². The first-order chi connectivity index (χ1) is 3.00. The minimum atomic E-state index is 1.06. The molecule has 0 saturated carbocycles. The summed E-state index contributed by atoms with van der Waals surface area (Å²) in [7, 11) is 0. The first-order valence-corrected chi connectivity index (χ1v) is 3.19. The van der Waals surface area contributed by atoms with Gasteiger partial charge in [-0.1, -0.05) is 0 Å². The Morgan fingerprint density at radius 1 is 1.67 bits per heavy atom. The van der Waals surface area contributed by atoms with E-state index in [1.54, 1.807) is 0 Å². The van der Waals surface area contributed by atoms with E-state index in [2.05, 4.69) is 11.9 Å². The molecule has 6 heavy (non-hydrogen) atoms. The van der Waals surface area contributed by atoms with Crippen LogP contribution >= 0.6 is 11.8 Å². The molecule has 1 saturated heterocycles. The minimum Gasteiger partial charge on any atom is -0.299 e. The third-order valence-electron chi connectivity index (χ3n) is 0.671. The van der Waals surface area contributed by atoms with Crippen molar-refractivity contribution in [3.8, 4) is 0 Å². The molecule has 0 amide bonds. The van der Waals surface area contributed by atoms with E-state index in [-0.39, 0.29) is 0 Å². The molecule has 0 aromatic rings. The largest absolute Gasteiger partial charge is 0.299 e. The molecule has 0 bridgehead atoms. The van der Waals surface area contributed by atoms with E-state index in [0.29, 0.717) is 0 Å². The van der Waals surface area contributed by atoms with Crippen LogP contribution in [0.2, 0.25) is 0 Å². The molecule has 0 unspecified atom stereocenters. The highest BCUT2D eigenvalue weighted by Gasteiger charge is 1.95.